The largest absolute Gasteiger partial charge is 0.382 e. The van der Waals surface area contributed by atoms with Crippen molar-refractivity contribution in [3.63, 3.8) is 0 Å². The fourth-order valence-corrected chi connectivity index (χ4v) is 4.31. The minimum absolute atomic E-state index is 0.620. The van der Waals surface area contributed by atoms with E-state index in [0.717, 1.165) is 28.3 Å². The fourth-order valence-electron chi connectivity index (χ4n) is 3.46. The second-order valence-electron chi connectivity index (χ2n) is 6.82. The third kappa shape index (κ3) is 4.15. The number of aromatic nitrogens is 3. The van der Waals surface area contributed by atoms with Gasteiger partial charge in [-0.15, -0.1) is 11.8 Å². The maximum absolute atomic E-state index is 4.77. The van der Waals surface area contributed by atoms with Gasteiger partial charge in [0.1, 0.15) is 5.82 Å². The van der Waals surface area contributed by atoms with Gasteiger partial charge in [0.05, 0.1) is 16.8 Å². The van der Waals surface area contributed by atoms with Crippen LogP contribution in [0, 0.1) is 6.92 Å². The molecular formula is C20H24N4S. The molecule has 2 N–H and O–H groups in total. The zero-order valence-corrected chi connectivity index (χ0v) is 15.4. The third-order valence-corrected chi connectivity index (χ3v) is 5.76. The van der Waals surface area contributed by atoms with Crippen LogP contribution in [0.5, 0.6) is 0 Å². The van der Waals surface area contributed by atoms with Crippen molar-refractivity contribution in [2.45, 2.75) is 55.7 Å². The Balaban J connectivity index is 1.44. The first-order chi connectivity index (χ1) is 12.3. The number of benzene rings is 1. The zero-order chi connectivity index (χ0) is 17.1. The first-order valence-corrected chi connectivity index (χ1v) is 10.1. The van der Waals surface area contributed by atoms with E-state index in [0.29, 0.717) is 6.04 Å². The van der Waals surface area contributed by atoms with Crippen molar-refractivity contribution in [2.75, 3.05) is 5.32 Å². The molecule has 1 saturated carbocycles. The summed E-state index contributed by atoms with van der Waals surface area (Å²) in [5, 5.41) is 3.68. The molecule has 1 aliphatic carbocycles. The van der Waals surface area contributed by atoms with Gasteiger partial charge in [0, 0.05) is 28.5 Å². The van der Waals surface area contributed by atoms with E-state index >= 15 is 0 Å². The first kappa shape index (κ1) is 16.5. The number of nitrogens with zero attached hydrogens (tertiary/aromatic N) is 2. The Morgan fingerprint density at radius 3 is 2.88 bits per heavy atom. The van der Waals surface area contributed by atoms with Gasteiger partial charge < -0.3 is 10.3 Å². The van der Waals surface area contributed by atoms with Crippen molar-refractivity contribution in [2.24, 2.45) is 0 Å². The smallest absolute Gasteiger partial charge is 0.117 e. The summed E-state index contributed by atoms with van der Waals surface area (Å²) in [4.78, 5) is 13.7. The lowest BCUT2D eigenvalue weighted by Gasteiger charge is -2.23. The molecule has 3 aromatic rings. The lowest BCUT2D eigenvalue weighted by atomic mass is 9.95. The van der Waals surface area contributed by atoms with Crippen LogP contribution in [-0.2, 0) is 5.75 Å². The summed E-state index contributed by atoms with van der Waals surface area (Å²) in [5.41, 5.74) is 4.39. The molecule has 4 nitrogen and oxygen atoms in total. The molecule has 1 aliphatic rings. The van der Waals surface area contributed by atoms with Gasteiger partial charge in [0.15, 0.2) is 0 Å². The number of fused-ring (bicyclic) bond motifs is 1. The number of hydrogen-bond acceptors (Lipinski definition) is 4. The van der Waals surface area contributed by atoms with Gasteiger partial charge >= 0.3 is 0 Å². The minimum Gasteiger partial charge on any atom is -0.382 e. The van der Waals surface area contributed by atoms with Gasteiger partial charge in [-0.05, 0) is 50.1 Å². The monoisotopic (exact) mass is 352 g/mol. The predicted molar refractivity (Wildman–Crippen MR) is 105 cm³/mol. The van der Waals surface area contributed by atoms with Gasteiger partial charge in [0.25, 0.3) is 0 Å². The van der Waals surface area contributed by atoms with Crippen LogP contribution >= 0.6 is 11.8 Å². The predicted octanol–water partition coefficient (Wildman–Crippen LogP) is 5.30. The van der Waals surface area contributed by atoms with Crippen molar-refractivity contribution in [1.29, 1.82) is 0 Å². The van der Waals surface area contributed by atoms with Crippen LogP contribution in [0.15, 0.2) is 41.4 Å². The summed E-state index contributed by atoms with van der Waals surface area (Å²) in [5.74, 6) is 1.85. The van der Waals surface area contributed by atoms with Crippen molar-refractivity contribution in [1.82, 2.24) is 15.0 Å². The number of hydrogen-bond donors (Lipinski definition) is 2. The average Bonchev–Trinajstić information content (AvgIpc) is 3.03. The number of rotatable bonds is 5. The summed E-state index contributed by atoms with van der Waals surface area (Å²) >= 11 is 1.79. The second kappa shape index (κ2) is 7.48. The molecule has 0 aliphatic heterocycles. The third-order valence-electron chi connectivity index (χ3n) is 4.75. The Bertz CT molecular complexity index is 852. The second-order valence-corrected chi connectivity index (χ2v) is 7.87. The standard InChI is InChI=1S/C20H24N4S/c1-14-11-17(9-10-21-14)25-13-20-23-18-8-7-16(12-19(18)24-20)22-15-5-3-2-4-6-15/h7-12,15,22H,2-6,13H2,1H3,(H,23,24). The zero-order valence-electron chi connectivity index (χ0n) is 14.6. The van der Waals surface area contributed by atoms with E-state index in [9.17, 15) is 0 Å². The molecule has 0 atom stereocenters. The molecule has 0 amide bonds. The molecule has 0 saturated heterocycles. The number of pyridine rings is 1. The van der Waals surface area contributed by atoms with Gasteiger partial charge in [0.2, 0.25) is 0 Å². The number of nitrogens with one attached hydrogen (secondary N) is 2. The number of H-pyrrole nitrogens is 1. The molecule has 130 valence electrons. The van der Waals surface area contributed by atoms with Crippen LogP contribution in [0.1, 0.15) is 43.6 Å². The number of aromatic amines is 1. The van der Waals surface area contributed by atoms with E-state index in [4.69, 9.17) is 4.98 Å². The molecule has 0 spiro atoms. The normalized spacial score (nSPS) is 15.6. The number of aryl methyl sites for hydroxylation is 1. The summed E-state index contributed by atoms with van der Waals surface area (Å²) in [6.07, 6.45) is 8.50. The van der Waals surface area contributed by atoms with Crippen LogP contribution in [0.3, 0.4) is 0 Å². The van der Waals surface area contributed by atoms with Crippen LogP contribution in [0.4, 0.5) is 5.69 Å². The van der Waals surface area contributed by atoms with Crippen molar-refractivity contribution < 1.29 is 0 Å². The van der Waals surface area contributed by atoms with Crippen LogP contribution < -0.4 is 5.32 Å². The van der Waals surface area contributed by atoms with E-state index in [1.165, 1.54) is 42.7 Å². The van der Waals surface area contributed by atoms with Crippen LogP contribution in [0.2, 0.25) is 0 Å². The van der Waals surface area contributed by atoms with Crippen LogP contribution in [-0.4, -0.2) is 21.0 Å². The molecule has 1 aromatic carbocycles. The highest BCUT2D eigenvalue weighted by atomic mass is 32.2. The van der Waals surface area contributed by atoms with Crippen molar-refractivity contribution in [3.8, 4) is 0 Å². The van der Waals surface area contributed by atoms with E-state index in [1.54, 1.807) is 11.8 Å². The maximum Gasteiger partial charge on any atom is 0.117 e. The Morgan fingerprint density at radius 1 is 1.16 bits per heavy atom. The summed E-state index contributed by atoms with van der Waals surface area (Å²) in [7, 11) is 0. The molecule has 2 heterocycles. The molecule has 25 heavy (non-hydrogen) atoms. The Labute approximate surface area is 152 Å². The summed E-state index contributed by atoms with van der Waals surface area (Å²) < 4.78 is 0. The highest BCUT2D eigenvalue weighted by Gasteiger charge is 2.13. The highest BCUT2D eigenvalue weighted by Crippen LogP contribution is 2.26. The molecule has 0 radical (unpaired) electrons. The van der Waals surface area contributed by atoms with E-state index in [-0.39, 0.29) is 0 Å². The topological polar surface area (TPSA) is 53.6 Å². The average molecular weight is 353 g/mol. The number of anilines is 1. The van der Waals surface area contributed by atoms with Gasteiger partial charge in [-0.25, -0.2) is 4.98 Å². The lowest BCUT2D eigenvalue weighted by molar-refractivity contribution is 0.463. The van der Waals surface area contributed by atoms with Gasteiger partial charge in [-0.3, -0.25) is 4.98 Å². The first-order valence-electron chi connectivity index (χ1n) is 9.07. The molecular weight excluding hydrogens is 328 g/mol. The quantitative estimate of drug-likeness (QED) is 0.612. The minimum atomic E-state index is 0.620. The molecule has 0 bridgehead atoms. The summed E-state index contributed by atoms with van der Waals surface area (Å²) in [6.45, 7) is 2.02. The van der Waals surface area contributed by atoms with E-state index in [1.807, 2.05) is 19.2 Å². The number of imidazole rings is 1. The van der Waals surface area contributed by atoms with Crippen molar-refractivity contribution in [3.05, 3.63) is 48.0 Å². The van der Waals surface area contributed by atoms with E-state index < -0.39 is 0 Å². The number of thioether (sulfide) groups is 1. The van der Waals surface area contributed by atoms with Crippen molar-refractivity contribution >= 4 is 28.5 Å². The lowest BCUT2D eigenvalue weighted by Crippen LogP contribution is -2.22. The van der Waals surface area contributed by atoms with E-state index in [2.05, 4.69) is 39.6 Å². The molecule has 4 rings (SSSR count). The molecule has 2 aromatic heterocycles. The maximum atomic E-state index is 4.77. The molecule has 5 heteroatoms. The summed E-state index contributed by atoms with van der Waals surface area (Å²) in [6, 6.07) is 11.3. The highest BCUT2D eigenvalue weighted by molar-refractivity contribution is 7.98. The Kier molecular flexibility index (Phi) is 4.92. The molecule has 0 unspecified atom stereocenters. The van der Waals surface area contributed by atoms with Gasteiger partial charge in [-0.2, -0.15) is 0 Å². The van der Waals surface area contributed by atoms with Crippen LogP contribution in [0.25, 0.3) is 11.0 Å². The SMILES string of the molecule is Cc1cc(SCc2nc3cc(NC4CCCCC4)ccc3[nH]2)ccn1. The molecule has 1 fully saturated rings. The fraction of sp³-hybridized carbons (Fsp3) is 0.400. The Morgan fingerprint density at radius 2 is 2.04 bits per heavy atom. The van der Waals surface area contributed by atoms with Gasteiger partial charge in [-0.1, -0.05) is 19.3 Å². The Hall–Kier alpha value is -2.01.